The number of hydrogen-bond donors (Lipinski definition) is 3. The minimum absolute atomic E-state index is 0.0722. The Kier molecular flexibility index (Phi) is 8.48. The molecule has 0 unspecified atom stereocenters. The van der Waals surface area contributed by atoms with Gasteiger partial charge >= 0.3 is 6.03 Å². The first-order valence-corrected chi connectivity index (χ1v) is 10.3. The molecule has 0 aromatic carbocycles. The highest BCUT2D eigenvalue weighted by atomic mass is 16.2. The Balaban J connectivity index is 1.93. The Morgan fingerprint density at radius 3 is 2.68 bits per heavy atom. The standard InChI is InChI=1S/C22H34N4O2/c1-5-24-22(28)26-14-19-9-16(4)18(10-20(19)15(2)3)11-21(27)25-13-17-7-6-8-23-12-17/h6-9,12,15,18-20H,5,10-11,13-14H2,1-4H3,(H,25,27)(H2,24,26,28)/t18-,19+,20-/m0/s1. The number of hydrogen-bond acceptors (Lipinski definition) is 3. The SMILES string of the molecule is CCNC(=O)NC[C@H]1C=C(C)[C@H](CC(=O)NCc2cccnc2)C[C@H]1C(C)C. The average Bonchev–Trinajstić information content (AvgIpc) is 2.67. The maximum Gasteiger partial charge on any atom is 0.314 e. The molecule has 1 aromatic heterocycles. The van der Waals surface area contributed by atoms with Gasteiger partial charge in [-0.15, -0.1) is 0 Å². The molecule has 6 nitrogen and oxygen atoms in total. The number of aromatic nitrogens is 1. The molecule has 154 valence electrons. The van der Waals surface area contributed by atoms with E-state index in [4.69, 9.17) is 0 Å². The molecule has 28 heavy (non-hydrogen) atoms. The van der Waals surface area contributed by atoms with E-state index in [1.807, 2.05) is 19.1 Å². The van der Waals surface area contributed by atoms with Crippen LogP contribution in [0.2, 0.25) is 0 Å². The highest BCUT2D eigenvalue weighted by Gasteiger charge is 2.32. The number of pyridine rings is 1. The molecular formula is C22H34N4O2. The summed E-state index contributed by atoms with van der Waals surface area (Å²) in [5, 5.41) is 8.75. The first-order chi connectivity index (χ1) is 13.4. The van der Waals surface area contributed by atoms with E-state index in [0.717, 1.165) is 12.0 Å². The van der Waals surface area contributed by atoms with Crippen molar-refractivity contribution in [1.82, 2.24) is 20.9 Å². The lowest BCUT2D eigenvalue weighted by Crippen LogP contribution is -2.41. The van der Waals surface area contributed by atoms with Gasteiger partial charge in [0.05, 0.1) is 0 Å². The lowest BCUT2D eigenvalue weighted by atomic mass is 9.70. The highest BCUT2D eigenvalue weighted by molar-refractivity contribution is 5.76. The first-order valence-electron chi connectivity index (χ1n) is 10.3. The summed E-state index contributed by atoms with van der Waals surface area (Å²) in [4.78, 5) is 28.3. The normalized spacial score (nSPS) is 21.8. The first kappa shape index (κ1) is 21.9. The number of urea groups is 1. The number of nitrogens with zero attached hydrogens (tertiary/aromatic N) is 1. The van der Waals surface area contributed by atoms with Gasteiger partial charge in [-0.3, -0.25) is 9.78 Å². The molecule has 1 aliphatic rings. The summed E-state index contributed by atoms with van der Waals surface area (Å²) < 4.78 is 0. The quantitative estimate of drug-likeness (QED) is 0.600. The van der Waals surface area contributed by atoms with E-state index in [2.05, 4.69) is 47.8 Å². The molecule has 0 fully saturated rings. The Morgan fingerprint density at radius 1 is 1.25 bits per heavy atom. The van der Waals surface area contributed by atoms with Crippen molar-refractivity contribution in [3.63, 3.8) is 0 Å². The third kappa shape index (κ3) is 6.66. The van der Waals surface area contributed by atoms with Crippen LogP contribution in [0.5, 0.6) is 0 Å². The van der Waals surface area contributed by atoms with Crippen LogP contribution < -0.4 is 16.0 Å². The van der Waals surface area contributed by atoms with Gasteiger partial charge in [0.25, 0.3) is 0 Å². The lowest BCUT2D eigenvalue weighted by Gasteiger charge is -2.37. The van der Waals surface area contributed by atoms with Crippen LogP contribution >= 0.6 is 0 Å². The predicted octanol–water partition coefficient (Wildman–Crippen LogP) is 3.26. The zero-order valence-electron chi connectivity index (χ0n) is 17.5. The Morgan fingerprint density at radius 2 is 2.04 bits per heavy atom. The van der Waals surface area contributed by atoms with Gasteiger partial charge in [-0.05, 0) is 55.6 Å². The van der Waals surface area contributed by atoms with Gasteiger partial charge in [0, 0.05) is 38.4 Å². The number of amides is 3. The van der Waals surface area contributed by atoms with E-state index < -0.39 is 0 Å². The molecule has 0 bridgehead atoms. The van der Waals surface area contributed by atoms with Crippen molar-refractivity contribution in [2.75, 3.05) is 13.1 Å². The Labute approximate surface area is 168 Å². The fraction of sp³-hybridized carbons (Fsp3) is 0.591. The predicted molar refractivity (Wildman–Crippen MR) is 111 cm³/mol. The van der Waals surface area contributed by atoms with Crippen LogP contribution in [-0.2, 0) is 11.3 Å². The minimum Gasteiger partial charge on any atom is -0.352 e. The van der Waals surface area contributed by atoms with Crippen LogP contribution in [0.15, 0.2) is 36.2 Å². The molecule has 0 spiro atoms. The van der Waals surface area contributed by atoms with Crippen LogP contribution in [0.25, 0.3) is 0 Å². The second kappa shape index (κ2) is 10.8. The van der Waals surface area contributed by atoms with E-state index in [-0.39, 0.29) is 17.9 Å². The minimum atomic E-state index is -0.118. The summed E-state index contributed by atoms with van der Waals surface area (Å²) in [7, 11) is 0. The summed E-state index contributed by atoms with van der Waals surface area (Å²) in [6.45, 7) is 10.2. The van der Waals surface area contributed by atoms with Crippen LogP contribution in [0.4, 0.5) is 4.79 Å². The van der Waals surface area contributed by atoms with Crippen LogP contribution in [0.3, 0.4) is 0 Å². The van der Waals surface area contributed by atoms with Gasteiger partial charge in [0.1, 0.15) is 0 Å². The number of allylic oxidation sites excluding steroid dienone is 1. The number of rotatable bonds is 8. The van der Waals surface area contributed by atoms with E-state index in [1.165, 1.54) is 5.57 Å². The fourth-order valence-corrected chi connectivity index (χ4v) is 3.94. The van der Waals surface area contributed by atoms with Crippen molar-refractivity contribution in [3.8, 4) is 0 Å². The summed E-state index contributed by atoms with van der Waals surface area (Å²) >= 11 is 0. The highest BCUT2D eigenvalue weighted by Crippen LogP contribution is 2.38. The zero-order valence-corrected chi connectivity index (χ0v) is 17.5. The topological polar surface area (TPSA) is 83.1 Å². The third-order valence-electron chi connectivity index (χ3n) is 5.56. The average molecular weight is 387 g/mol. The molecule has 1 aromatic rings. The van der Waals surface area contributed by atoms with Gasteiger partial charge in [-0.25, -0.2) is 4.79 Å². The molecule has 2 rings (SSSR count). The van der Waals surface area contributed by atoms with E-state index in [1.54, 1.807) is 12.4 Å². The molecular weight excluding hydrogens is 352 g/mol. The van der Waals surface area contributed by atoms with Crippen molar-refractivity contribution < 1.29 is 9.59 Å². The molecule has 3 amide bonds. The summed E-state index contributed by atoms with van der Waals surface area (Å²) in [5.74, 6) is 1.57. The van der Waals surface area contributed by atoms with Crippen LogP contribution in [-0.4, -0.2) is 30.0 Å². The maximum absolute atomic E-state index is 12.5. The molecule has 6 heteroatoms. The Hall–Kier alpha value is -2.37. The molecule has 0 radical (unpaired) electrons. The molecule has 3 atom stereocenters. The summed E-state index contributed by atoms with van der Waals surface area (Å²) in [5.41, 5.74) is 2.25. The molecule has 1 heterocycles. The molecule has 0 aliphatic heterocycles. The van der Waals surface area contributed by atoms with Gasteiger partial charge in [-0.1, -0.05) is 31.6 Å². The van der Waals surface area contributed by atoms with E-state index >= 15 is 0 Å². The van der Waals surface area contributed by atoms with E-state index in [9.17, 15) is 9.59 Å². The van der Waals surface area contributed by atoms with Gasteiger partial charge < -0.3 is 16.0 Å². The smallest absolute Gasteiger partial charge is 0.314 e. The lowest BCUT2D eigenvalue weighted by molar-refractivity contribution is -0.122. The van der Waals surface area contributed by atoms with Crippen molar-refractivity contribution >= 4 is 11.9 Å². The summed E-state index contributed by atoms with van der Waals surface area (Å²) in [6, 6.07) is 3.71. The van der Waals surface area contributed by atoms with Crippen molar-refractivity contribution in [3.05, 3.63) is 41.7 Å². The van der Waals surface area contributed by atoms with Crippen LogP contribution in [0.1, 0.15) is 46.1 Å². The van der Waals surface area contributed by atoms with Gasteiger partial charge in [-0.2, -0.15) is 0 Å². The Bertz CT molecular complexity index is 672. The second-order valence-corrected chi connectivity index (χ2v) is 8.00. The second-order valence-electron chi connectivity index (χ2n) is 8.00. The van der Waals surface area contributed by atoms with Crippen molar-refractivity contribution in [2.24, 2.45) is 23.7 Å². The van der Waals surface area contributed by atoms with Crippen molar-refractivity contribution in [1.29, 1.82) is 0 Å². The van der Waals surface area contributed by atoms with Gasteiger partial charge in [0.15, 0.2) is 0 Å². The van der Waals surface area contributed by atoms with Gasteiger partial charge in [0.2, 0.25) is 5.91 Å². The molecule has 1 aliphatic carbocycles. The molecule has 3 N–H and O–H groups in total. The number of carbonyl (C=O) groups is 2. The largest absolute Gasteiger partial charge is 0.352 e. The van der Waals surface area contributed by atoms with Crippen LogP contribution in [0, 0.1) is 23.7 Å². The number of nitrogens with one attached hydrogen (secondary N) is 3. The fourth-order valence-electron chi connectivity index (χ4n) is 3.94. The van der Waals surface area contributed by atoms with E-state index in [0.29, 0.717) is 43.8 Å². The third-order valence-corrected chi connectivity index (χ3v) is 5.56. The zero-order chi connectivity index (χ0) is 20.5. The molecule has 0 saturated heterocycles. The van der Waals surface area contributed by atoms with Crippen molar-refractivity contribution in [2.45, 2.75) is 47.1 Å². The number of carbonyl (C=O) groups excluding carboxylic acids is 2. The summed E-state index contributed by atoms with van der Waals surface area (Å²) in [6.07, 6.45) is 7.24. The molecule has 0 saturated carbocycles. The monoisotopic (exact) mass is 386 g/mol. The maximum atomic E-state index is 12.5.